The number of ether oxygens (including phenoxy) is 1. The summed E-state index contributed by atoms with van der Waals surface area (Å²) in [6, 6.07) is 4.04. The monoisotopic (exact) mass is 535 g/mol. The number of carbonyl (C=O) groups excluding carboxylic acids is 2. The molecule has 0 radical (unpaired) electrons. The van der Waals surface area contributed by atoms with Crippen LogP contribution in [0.25, 0.3) is 0 Å². The molecule has 6 aliphatic carbocycles. The van der Waals surface area contributed by atoms with Crippen molar-refractivity contribution in [2.24, 2.45) is 33.5 Å². The summed E-state index contributed by atoms with van der Waals surface area (Å²) in [6.07, 6.45) is 13.9. The summed E-state index contributed by atoms with van der Waals surface area (Å²) in [7, 11) is 0. The number of carbonyl (C=O) groups is 2. The van der Waals surface area contributed by atoms with Gasteiger partial charge in [-0.3, -0.25) is 4.79 Å². The lowest BCUT2D eigenvalue weighted by Gasteiger charge is -2.71. The summed E-state index contributed by atoms with van der Waals surface area (Å²) in [5, 5.41) is 10.8. The highest BCUT2D eigenvalue weighted by molar-refractivity contribution is 7.14. The van der Waals surface area contributed by atoms with E-state index in [0.717, 1.165) is 66.8 Å². The minimum atomic E-state index is -0.485. The van der Waals surface area contributed by atoms with Crippen LogP contribution in [0.1, 0.15) is 86.7 Å². The van der Waals surface area contributed by atoms with Gasteiger partial charge in [0, 0.05) is 33.2 Å². The average molecular weight is 536 g/mol. The second-order valence-electron chi connectivity index (χ2n) is 13.8. The van der Waals surface area contributed by atoms with Crippen molar-refractivity contribution in [3.8, 4) is 0 Å². The van der Waals surface area contributed by atoms with Crippen LogP contribution in [0.2, 0.25) is 0 Å². The number of aliphatic hydroxyl groups excluding tert-OH is 1. The molecule has 2 heterocycles. The first-order chi connectivity index (χ1) is 18.0. The van der Waals surface area contributed by atoms with Crippen LogP contribution in [0.3, 0.4) is 0 Å². The van der Waals surface area contributed by atoms with Crippen molar-refractivity contribution in [2.75, 3.05) is 13.1 Å². The first-order valence-electron chi connectivity index (χ1n) is 14.8. The van der Waals surface area contributed by atoms with Crippen molar-refractivity contribution in [1.29, 1.82) is 0 Å². The number of thiophene rings is 1. The van der Waals surface area contributed by atoms with E-state index in [1.165, 1.54) is 0 Å². The van der Waals surface area contributed by atoms with E-state index in [-0.39, 0.29) is 45.6 Å². The molecule has 1 aromatic heterocycles. The molecule has 38 heavy (non-hydrogen) atoms. The molecule has 8 rings (SSSR count). The molecule has 5 nitrogen and oxygen atoms in total. The Morgan fingerprint density at radius 2 is 1.84 bits per heavy atom. The highest BCUT2D eigenvalue weighted by Gasteiger charge is 2.76. The summed E-state index contributed by atoms with van der Waals surface area (Å²) in [5.74, 6) is 0.743. The van der Waals surface area contributed by atoms with Gasteiger partial charge in [0.1, 0.15) is 5.60 Å². The van der Waals surface area contributed by atoms with Crippen molar-refractivity contribution >= 4 is 23.2 Å². The van der Waals surface area contributed by atoms with Crippen LogP contribution in [0, 0.1) is 40.4 Å². The molecule has 1 N–H and O–H groups in total. The van der Waals surface area contributed by atoms with Crippen LogP contribution < -0.4 is 0 Å². The SMILES string of the molecule is CCCN1C[C@@]2(CC[C@H]3[C@]45C=C[C@@]6(C=C4C(=O)c4ccc(C)s4)C[C@@H](O)CC[C@]6(C)[C@H]5CC[C@@]32C)OC1=O. The van der Waals surface area contributed by atoms with E-state index in [9.17, 15) is 14.7 Å². The van der Waals surface area contributed by atoms with Gasteiger partial charge in [0.05, 0.1) is 17.5 Å². The summed E-state index contributed by atoms with van der Waals surface area (Å²) < 4.78 is 6.39. The molecule has 8 atom stereocenters. The van der Waals surface area contributed by atoms with Crippen LogP contribution in [0.5, 0.6) is 0 Å². The second-order valence-corrected chi connectivity index (χ2v) is 15.1. The lowest BCUT2D eigenvalue weighted by Crippen LogP contribution is -2.67. The molecule has 1 aromatic rings. The molecule has 204 valence electrons. The maximum absolute atomic E-state index is 14.5. The Morgan fingerprint density at radius 1 is 1.11 bits per heavy atom. The van der Waals surface area contributed by atoms with Crippen molar-refractivity contribution in [1.82, 2.24) is 4.90 Å². The molecule has 4 fully saturated rings. The lowest BCUT2D eigenvalue weighted by atomic mass is 9.32. The largest absolute Gasteiger partial charge is 0.440 e. The van der Waals surface area contributed by atoms with E-state index in [4.69, 9.17) is 4.74 Å². The van der Waals surface area contributed by atoms with Gasteiger partial charge in [-0.1, -0.05) is 39.0 Å². The molecule has 7 aliphatic rings. The van der Waals surface area contributed by atoms with Gasteiger partial charge in [-0.25, -0.2) is 4.79 Å². The Hall–Kier alpha value is -1.92. The third-order valence-electron chi connectivity index (χ3n) is 12.4. The molecule has 2 bridgehead atoms. The summed E-state index contributed by atoms with van der Waals surface area (Å²) in [5.41, 5.74) is -0.362. The smallest absolute Gasteiger partial charge is 0.410 e. The number of rotatable bonds is 4. The topological polar surface area (TPSA) is 66.8 Å². The number of hydrogen-bond donors (Lipinski definition) is 1. The fourth-order valence-corrected chi connectivity index (χ4v) is 11.3. The van der Waals surface area contributed by atoms with Gasteiger partial charge in [-0.2, -0.15) is 0 Å². The van der Waals surface area contributed by atoms with E-state index in [1.807, 2.05) is 17.0 Å². The minimum absolute atomic E-state index is 0.00775. The second kappa shape index (κ2) is 7.84. The molecule has 1 aliphatic heterocycles. The van der Waals surface area contributed by atoms with Gasteiger partial charge in [0.2, 0.25) is 0 Å². The third kappa shape index (κ3) is 2.82. The first kappa shape index (κ1) is 25.1. The number of fused-ring (bicyclic) bond motifs is 2. The van der Waals surface area contributed by atoms with Gasteiger partial charge in [0.25, 0.3) is 0 Å². The lowest BCUT2D eigenvalue weighted by molar-refractivity contribution is -0.164. The molecule has 6 heteroatoms. The molecule has 0 aromatic carbocycles. The summed E-state index contributed by atoms with van der Waals surface area (Å²) >= 11 is 1.59. The highest BCUT2D eigenvalue weighted by Crippen LogP contribution is 2.79. The zero-order chi connectivity index (χ0) is 26.7. The quantitative estimate of drug-likeness (QED) is 0.344. The van der Waals surface area contributed by atoms with Crippen molar-refractivity contribution in [2.45, 2.75) is 90.8 Å². The Balaban J connectivity index is 1.39. The average Bonchev–Trinajstić information content (AvgIpc) is 3.54. The predicted octanol–water partition coefficient (Wildman–Crippen LogP) is 6.70. The molecule has 3 saturated carbocycles. The van der Waals surface area contributed by atoms with E-state index >= 15 is 0 Å². The number of hydrogen-bond acceptors (Lipinski definition) is 5. The number of Topliss-reactive ketones (excluding diaryl/α,β-unsaturated/α-hetero) is 1. The zero-order valence-electron chi connectivity index (χ0n) is 23.2. The highest BCUT2D eigenvalue weighted by atomic mass is 32.1. The normalized spacial score (nSPS) is 46.6. The Kier molecular flexibility index (Phi) is 5.17. The number of ketones is 1. The van der Waals surface area contributed by atoms with Crippen LogP contribution in [0.4, 0.5) is 4.79 Å². The number of nitrogens with zero attached hydrogens (tertiary/aromatic N) is 1. The molecule has 3 spiro atoms. The Morgan fingerprint density at radius 3 is 2.58 bits per heavy atom. The maximum Gasteiger partial charge on any atom is 0.410 e. The van der Waals surface area contributed by atoms with Crippen LogP contribution in [-0.4, -0.2) is 46.7 Å². The predicted molar refractivity (Wildman–Crippen MR) is 148 cm³/mol. The Bertz CT molecular complexity index is 1280. The van der Waals surface area contributed by atoms with E-state index < -0.39 is 5.60 Å². The van der Waals surface area contributed by atoms with E-state index in [0.29, 0.717) is 18.9 Å². The fraction of sp³-hybridized carbons (Fsp3) is 0.688. The molecular formula is C32H41NO4S. The van der Waals surface area contributed by atoms with Crippen molar-refractivity contribution < 1.29 is 19.4 Å². The summed E-state index contributed by atoms with van der Waals surface area (Å²) in [6.45, 7) is 10.4. The molecule has 1 amide bonds. The standard InChI is InChI=1S/C32H41NO4S/c1-5-16-33-19-31(37-27(33)36)13-10-25-29(31,4)12-9-24-28(3)11-8-21(34)17-30(28)14-15-32(24,25)22(18-30)26(35)23-7-6-20(2)38-23/h6-7,14-15,18,21,24-25,34H,5,8-13,16-17,19H2,1-4H3/t21-,24+,25+,28+,29-,30-,31+,32+/m0/s1. The van der Waals surface area contributed by atoms with Gasteiger partial charge >= 0.3 is 6.09 Å². The third-order valence-corrected chi connectivity index (χ3v) is 13.4. The maximum atomic E-state index is 14.5. The van der Waals surface area contributed by atoms with Crippen molar-refractivity contribution in [3.05, 3.63) is 45.7 Å². The first-order valence-corrected chi connectivity index (χ1v) is 15.6. The molecule has 0 unspecified atom stereocenters. The van der Waals surface area contributed by atoms with Gasteiger partial charge in [-0.05, 0) is 87.7 Å². The Labute approximate surface area is 230 Å². The minimum Gasteiger partial charge on any atom is -0.440 e. The molecule has 1 saturated heterocycles. The van der Waals surface area contributed by atoms with Crippen LogP contribution >= 0.6 is 11.3 Å². The van der Waals surface area contributed by atoms with Crippen LogP contribution in [0.15, 0.2) is 35.9 Å². The van der Waals surface area contributed by atoms with Crippen molar-refractivity contribution in [3.63, 3.8) is 0 Å². The van der Waals surface area contributed by atoms with Gasteiger partial charge < -0.3 is 14.7 Å². The fourth-order valence-electron chi connectivity index (χ4n) is 10.5. The van der Waals surface area contributed by atoms with Gasteiger partial charge in [0.15, 0.2) is 5.78 Å². The van der Waals surface area contributed by atoms with Crippen LogP contribution in [-0.2, 0) is 4.74 Å². The van der Waals surface area contributed by atoms with E-state index in [1.54, 1.807) is 11.3 Å². The zero-order valence-corrected chi connectivity index (χ0v) is 24.0. The number of allylic oxidation sites excluding steroid dienone is 4. The van der Waals surface area contributed by atoms with Gasteiger partial charge in [-0.15, -0.1) is 11.3 Å². The molecular weight excluding hydrogens is 494 g/mol. The number of amides is 1. The number of aliphatic hydroxyl groups is 1. The number of aryl methyl sites for hydroxylation is 1. The van der Waals surface area contributed by atoms with E-state index in [2.05, 4.69) is 45.9 Å². The summed E-state index contributed by atoms with van der Waals surface area (Å²) in [4.78, 5) is 31.4.